The molecule has 1 atom stereocenters. The summed E-state index contributed by atoms with van der Waals surface area (Å²) < 4.78 is 19.7. The Hall–Kier alpha value is -3.18. The first kappa shape index (κ1) is 30.3. The number of ether oxygens (including phenoxy) is 3. The largest absolute Gasteiger partial charge is 0.493 e. The molecule has 5 rings (SSSR count). The van der Waals surface area contributed by atoms with Gasteiger partial charge < -0.3 is 19.5 Å². The molecule has 1 unspecified atom stereocenters. The van der Waals surface area contributed by atoms with Crippen molar-refractivity contribution >= 4 is 62.8 Å². The number of carbonyl (C=O) groups is 1. The number of fused-ring (bicyclic) bond motifs is 1. The topological polar surface area (TPSA) is 87.5 Å². The van der Waals surface area contributed by atoms with Crippen LogP contribution in [0.25, 0.3) is 0 Å². The SMILES string of the molecule is CCOC(=O)C1=C(C)Nc2nc(SCc3ccccc3Cl)nn2C1c1cc(Br)c(OCc2ccccc2Cl)c(OC)c1. The summed E-state index contributed by atoms with van der Waals surface area (Å²) in [5, 5.41) is 9.85. The van der Waals surface area contributed by atoms with Crippen molar-refractivity contribution in [1.82, 2.24) is 14.8 Å². The van der Waals surface area contributed by atoms with Crippen LogP contribution in [0.15, 0.2) is 81.6 Å². The number of nitrogens with one attached hydrogen (secondary N) is 1. The van der Waals surface area contributed by atoms with Gasteiger partial charge in [0.15, 0.2) is 11.5 Å². The summed E-state index contributed by atoms with van der Waals surface area (Å²) in [7, 11) is 1.56. The van der Waals surface area contributed by atoms with Crippen molar-refractivity contribution in [3.63, 3.8) is 0 Å². The second-order valence-electron chi connectivity index (χ2n) is 9.24. The van der Waals surface area contributed by atoms with Crippen molar-refractivity contribution in [2.75, 3.05) is 19.0 Å². The number of methoxy groups -OCH3 is 1. The quantitative estimate of drug-likeness (QED) is 0.132. The Morgan fingerprint density at radius 3 is 2.45 bits per heavy atom. The summed E-state index contributed by atoms with van der Waals surface area (Å²) in [5.74, 6) is 1.61. The van der Waals surface area contributed by atoms with Crippen LogP contribution in [0, 0.1) is 0 Å². The van der Waals surface area contributed by atoms with Crippen LogP contribution in [0.4, 0.5) is 5.95 Å². The third kappa shape index (κ3) is 6.41. The first-order chi connectivity index (χ1) is 20.3. The Morgan fingerprint density at radius 1 is 1.10 bits per heavy atom. The number of rotatable bonds is 10. The second kappa shape index (κ2) is 13.4. The van der Waals surface area contributed by atoms with E-state index >= 15 is 0 Å². The van der Waals surface area contributed by atoms with Gasteiger partial charge in [0.1, 0.15) is 12.6 Å². The predicted molar refractivity (Wildman–Crippen MR) is 169 cm³/mol. The maximum atomic E-state index is 13.3. The zero-order valence-electron chi connectivity index (χ0n) is 23.0. The fraction of sp³-hybridized carbons (Fsp3) is 0.233. The molecular weight excluding hydrogens is 663 g/mol. The van der Waals surface area contributed by atoms with Crippen molar-refractivity contribution in [3.05, 3.63) is 103 Å². The van der Waals surface area contributed by atoms with E-state index in [1.165, 1.54) is 11.8 Å². The summed E-state index contributed by atoms with van der Waals surface area (Å²) in [6.45, 7) is 4.07. The van der Waals surface area contributed by atoms with E-state index in [9.17, 15) is 4.79 Å². The maximum absolute atomic E-state index is 13.3. The Labute approximate surface area is 266 Å². The number of hydrogen-bond acceptors (Lipinski definition) is 8. The molecule has 0 saturated carbocycles. The zero-order chi connectivity index (χ0) is 29.8. The van der Waals surface area contributed by atoms with Gasteiger partial charge >= 0.3 is 5.97 Å². The van der Waals surface area contributed by atoms with E-state index in [2.05, 4.69) is 21.2 Å². The van der Waals surface area contributed by atoms with Crippen LogP contribution < -0.4 is 14.8 Å². The van der Waals surface area contributed by atoms with Crippen LogP contribution >= 0.6 is 50.9 Å². The summed E-state index contributed by atoms with van der Waals surface area (Å²) in [6.07, 6.45) is 0. The monoisotopic (exact) mass is 688 g/mol. The van der Waals surface area contributed by atoms with Gasteiger partial charge in [-0.05, 0) is 65.2 Å². The van der Waals surface area contributed by atoms with Crippen LogP contribution in [0.1, 0.15) is 36.6 Å². The van der Waals surface area contributed by atoms with Crippen LogP contribution in [-0.4, -0.2) is 34.5 Å². The molecule has 1 N–H and O–H groups in total. The highest BCUT2D eigenvalue weighted by Gasteiger charge is 2.36. The van der Waals surface area contributed by atoms with Gasteiger partial charge in [-0.1, -0.05) is 71.4 Å². The Balaban J connectivity index is 1.52. The molecule has 0 radical (unpaired) electrons. The second-order valence-corrected chi connectivity index (χ2v) is 11.9. The molecule has 3 aromatic carbocycles. The van der Waals surface area contributed by atoms with Crippen molar-refractivity contribution in [2.45, 2.75) is 37.4 Å². The van der Waals surface area contributed by atoms with Crippen LogP contribution in [0.5, 0.6) is 11.5 Å². The van der Waals surface area contributed by atoms with E-state index in [1.54, 1.807) is 18.7 Å². The van der Waals surface area contributed by atoms with Gasteiger partial charge in [-0.15, -0.1) is 5.10 Å². The third-order valence-electron chi connectivity index (χ3n) is 6.54. The minimum atomic E-state index is -0.648. The molecule has 0 aliphatic carbocycles. The smallest absolute Gasteiger partial charge is 0.338 e. The number of anilines is 1. The number of esters is 1. The minimum absolute atomic E-state index is 0.229. The molecule has 0 amide bonds. The molecular formula is C30H27BrCl2N4O4S. The van der Waals surface area contributed by atoms with Crippen molar-refractivity contribution in [3.8, 4) is 11.5 Å². The lowest BCUT2D eigenvalue weighted by Gasteiger charge is -2.28. The average molecular weight is 690 g/mol. The normalized spacial score (nSPS) is 14.3. The third-order valence-corrected chi connectivity index (χ3v) is 8.75. The van der Waals surface area contributed by atoms with Crippen molar-refractivity contribution in [1.29, 1.82) is 0 Å². The lowest BCUT2D eigenvalue weighted by Crippen LogP contribution is -2.29. The summed E-state index contributed by atoms with van der Waals surface area (Å²) in [4.78, 5) is 18.0. The zero-order valence-corrected chi connectivity index (χ0v) is 26.9. The number of halogens is 3. The maximum Gasteiger partial charge on any atom is 0.338 e. The van der Waals surface area contributed by atoms with E-state index in [1.807, 2.05) is 67.6 Å². The lowest BCUT2D eigenvalue weighted by atomic mass is 9.95. The van der Waals surface area contributed by atoms with Crippen LogP contribution in [-0.2, 0) is 21.9 Å². The fourth-order valence-corrected chi connectivity index (χ4v) is 6.41. The number of allylic oxidation sites excluding steroid dienone is 1. The highest BCUT2D eigenvalue weighted by Crippen LogP contribution is 2.44. The van der Waals surface area contributed by atoms with Gasteiger partial charge in [-0.2, -0.15) is 4.98 Å². The molecule has 0 spiro atoms. The first-order valence-corrected chi connectivity index (χ1v) is 15.5. The van der Waals surface area contributed by atoms with E-state index in [-0.39, 0.29) is 13.2 Å². The Morgan fingerprint density at radius 2 is 1.79 bits per heavy atom. The molecule has 1 aromatic heterocycles. The number of thioether (sulfide) groups is 1. The summed E-state index contributed by atoms with van der Waals surface area (Å²) in [6, 6.07) is 18.2. The molecule has 1 aliphatic rings. The van der Waals surface area contributed by atoms with Crippen LogP contribution in [0.2, 0.25) is 10.0 Å². The van der Waals surface area contributed by atoms with Crippen molar-refractivity contribution in [2.24, 2.45) is 0 Å². The van der Waals surface area contributed by atoms with Gasteiger partial charge in [-0.3, -0.25) is 0 Å². The van der Waals surface area contributed by atoms with Crippen molar-refractivity contribution < 1.29 is 19.0 Å². The number of benzene rings is 3. The Bertz CT molecular complexity index is 1660. The fourth-order valence-electron chi connectivity index (χ4n) is 4.53. The number of hydrogen-bond donors (Lipinski definition) is 1. The molecule has 12 heteroatoms. The standard InChI is InChI=1S/C30H27BrCl2N4O4S/c1-4-40-28(38)25-17(2)34-29-35-30(42-16-19-10-6-8-12-23(19)33)36-37(29)26(25)20-13-21(31)27(24(14-20)39-3)41-15-18-9-5-7-11-22(18)32/h5-14,26H,4,15-16H2,1-3H3,(H,34,35,36). The molecule has 4 aromatic rings. The van der Waals surface area contributed by atoms with Gasteiger partial charge in [0.2, 0.25) is 11.1 Å². The number of nitrogens with zero attached hydrogens (tertiary/aromatic N) is 3. The number of aromatic nitrogens is 3. The van der Waals surface area contributed by atoms with E-state index in [0.717, 1.165) is 16.7 Å². The summed E-state index contributed by atoms with van der Waals surface area (Å²) in [5.41, 5.74) is 3.57. The van der Waals surface area contributed by atoms with Gasteiger partial charge in [0, 0.05) is 27.1 Å². The molecule has 42 heavy (non-hydrogen) atoms. The molecule has 1 aliphatic heterocycles. The molecule has 8 nitrogen and oxygen atoms in total. The van der Waals surface area contributed by atoms with E-state index in [0.29, 0.717) is 54.1 Å². The number of carbonyl (C=O) groups excluding carboxylic acids is 1. The predicted octanol–water partition coefficient (Wildman–Crippen LogP) is 8.08. The molecule has 0 saturated heterocycles. The van der Waals surface area contributed by atoms with Gasteiger partial charge in [0.05, 0.1) is 23.8 Å². The molecule has 0 bridgehead atoms. The highest BCUT2D eigenvalue weighted by atomic mass is 79.9. The lowest BCUT2D eigenvalue weighted by molar-refractivity contribution is -0.139. The average Bonchev–Trinajstić information content (AvgIpc) is 3.38. The van der Waals surface area contributed by atoms with E-state index in [4.69, 9.17) is 47.5 Å². The van der Waals surface area contributed by atoms with Gasteiger partial charge in [-0.25, -0.2) is 9.48 Å². The molecule has 0 fully saturated rings. The van der Waals surface area contributed by atoms with Crippen LogP contribution in [0.3, 0.4) is 0 Å². The summed E-state index contributed by atoms with van der Waals surface area (Å²) >= 11 is 17.8. The van der Waals surface area contributed by atoms with E-state index < -0.39 is 12.0 Å². The highest BCUT2D eigenvalue weighted by molar-refractivity contribution is 9.10. The molecule has 2 heterocycles. The minimum Gasteiger partial charge on any atom is -0.493 e. The molecule has 218 valence electrons. The Kier molecular flexibility index (Phi) is 9.67. The first-order valence-electron chi connectivity index (χ1n) is 13.0. The van der Waals surface area contributed by atoms with Gasteiger partial charge in [0.25, 0.3) is 0 Å².